The lowest BCUT2D eigenvalue weighted by molar-refractivity contribution is -0.137. The number of hydrazone groups is 1. The van der Waals surface area contributed by atoms with Crippen molar-refractivity contribution in [3.63, 3.8) is 0 Å². The van der Waals surface area contributed by atoms with Gasteiger partial charge in [-0.1, -0.05) is 6.07 Å². The smallest absolute Gasteiger partial charge is 0.416 e. The van der Waals surface area contributed by atoms with E-state index < -0.39 is 24.3 Å². The van der Waals surface area contributed by atoms with Gasteiger partial charge in [-0.15, -0.1) is 0 Å². The molecule has 0 aliphatic rings. The number of carbonyl (C=O) groups is 1. The van der Waals surface area contributed by atoms with Crippen molar-refractivity contribution >= 4 is 12.1 Å². The lowest BCUT2D eigenvalue weighted by atomic mass is 10.2. The van der Waals surface area contributed by atoms with Gasteiger partial charge in [0.25, 0.3) is 5.91 Å². The number of hydrogen-bond donors (Lipinski definition) is 1. The van der Waals surface area contributed by atoms with Crippen molar-refractivity contribution in [1.82, 2.24) is 5.43 Å². The highest BCUT2D eigenvalue weighted by atomic mass is 19.4. The molecule has 0 spiro atoms. The van der Waals surface area contributed by atoms with Crippen LogP contribution in [0.1, 0.15) is 11.1 Å². The minimum absolute atomic E-state index is 0.0659. The van der Waals surface area contributed by atoms with Crippen LogP contribution in [0.4, 0.5) is 13.2 Å². The number of benzene rings is 2. The van der Waals surface area contributed by atoms with Gasteiger partial charge in [-0.05, 0) is 42.0 Å². The number of alkyl halides is 3. The van der Waals surface area contributed by atoms with E-state index in [-0.39, 0.29) is 5.75 Å². The van der Waals surface area contributed by atoms with Gasteiger partial charge in [-0.3, -0.25) is 4.79 Å². The fourth-order valence-corrected chi connectivity index (χ4v) is 2.06. The summed E-state index contributed by atoms with van der Waals surface area (Å²) in [6, 6.07) is 9.31. The lowest BCUT2D eigenvalue weighted by Gasteiger charge is -2.09. The summed E-state index contributed by atoms with van der Waals surface area (Å²) in [7, 11) is 3.00. The number of hydrogen-bond acceptors (Lipinski definition) is 5. The van der Waals surface area contributed by atoms with Crippen LogP contribution in [-0.4, -0.2) is 32.9 Å². The highest BCUT2D eigenvalue weighted by molar-refractivity contribution is 5.83. The molecule has 0 heterocycles. The first-order chi connectivity index (χ1) is 12.8. The van der Waals surface area contributed by atoms with E-state index in [0.29, 0.717) is 17.1 Å². The molecule has 6 nitrogen and oxygen atoms in total. The lowest BCUT2D eigenvalue weighted by Crippen LogP contribution is -2.24. The predicted molar refractivity (Wildman–Crippen MR) is 92.2 cm³/mol. The Bertz CT molecular complexity index is 822. The first kappa shape index (κ1) is 20.1. The molecule has 0 aliphatic carbocycles. The quantitative estimate of drug-likeness (QED) is 0.590. The van der Waals surface area contributed by atoms with Crippen molar-refractivity contribution in [3.8, 4) is 17.2 Å². The molecular formula is C18H17F3N2O4. The van der Waals surface area contributed by atoms with Crippen molar-refractivity contribution in [2.75, 3.05) is 20.8 Å². The Morgan fingerprint density at radius 2 is 1.85 bits per heavy atom. The third-order valence-corrected chi connectivity index (χ3v) is 3.34. The second-order valence-corrected chi connectivity index (χ2v) is 5.22. The predicted octanol–water partition coefficient (Wildman–Crippen LogP) is 3.25. The maximum Gasteiger partial charge on any atom is 0.416 e. The molecule has 0 bridgehead atoms. The summed E-state index contributed by atoms with van der Waals surface area (Å²) in [6.07, 6.45) is -3.10. The Morgan fingerprint density at radius 1 is 1.11 bits per heavy atom. The van der Waals surface area contributed by atoms with Crippen LogP contribution in [0.5, 0.6) is 17.2 Å². The summed E-state index contributed by atoms with van der Waals surface area (Å²) in [5, 5.41) is 3.76. The molecule has 9 heteroatoms. The summed E-state index contributed by atoms with van der Waals surface area (Å²) < 4.78 is 53.2. The topological polar surface area (TPSA) is 69.2 Å². The van der Waals surface area contributed by atoms with Gasteiger partial charge in [0, 0.05) is 0 Å². The molecule has 0 aromatic heterocycles. The summed E-state index contributed by atoms with van der Waals surface area (Å²) in [4.78, 5) is 11.7. The fourth-order valence-electron chi connectivity index (χ4n) is 2.06. The first-order valence-corrected chi connectivity index (χ1v) is 7.67. The number of nitrogens with zero attached hydrogens (tertiary/aromatic N) is 1. The van der Waals surface area contributed by atoms with Crippen LogP contribution in [-0.2, 0) is 11.0 Å². The summed E-state index contributed by atoms with van der Waals surface area (Å²) in [5.74, 6) is 0.363. The Morgan fingerprint density at radius 3 is 2.52 bits per heavy atom. The second-order valence-electron chi connectivity index (χ2n) is 5.22. The van der Waals surface area contributed by atoms with Gasteiger partial charge >= 0.3 is 6.18 Å². The van der Waals surface area contributed by atoms with Crippen LogP contribution < -0.4 is 19.6 Å². The van der Waals surface area contributed by atoms with E-state index in [2.05, 4.69) is 10.5 Å². The van der Waals surface area contributed by atoms with E-state index in [1.165, 1.54) is 32.6 Å². The maximum atomic E-state index is 12.6. The Hall–Kier alpha value is -3.23. The monoisotopic (exact) mass is 382 g/mol. The molecule has 27 heavy (non-hydrogen) atoms. The molecule has 2 aromatic carbocycles. The van der Waals surface area contributed by atoms with Crippen molar-refractivity contribution in [2.24, 2.45) is 5.10 Å². The molecule has 1 N–H and O–H groups in total. The van der Waals surface area contributed by atoms with Gasteiger partial charge in [-0.2, -0.15) is 18.3 Å². The molecule has 0 atom stereocenters. The van der Waals surface area contributed by atoms with Crippen molar-refractivity contribution in [3.05, 3.63) is 53.6 Å². The van der Waals surface area contributed by atoms with Crippen LogP contribution in [0.25, 0.3) is 0 Å². The van der Waals surface area contributed by atoms with E-state index in [9.17, 15) is 18.0 Å². The average molecular weight is 382 g/mol. The molecule has 1 amide bonds. The van der Waals surface area contributed by atoms with E-state index in [1.54, 1.807) is 18.2 Å². The van der Waals surface area contributed by atoms with Crippen LogP contribution in [0.3, 0.4) is 0 Å². The molecule has 0 saturated heterocycles. The van der Waals surface area contributed by atoms with Gasteiger partial charge in [0.1, 0.15) is 5.75 Å². The van der Waals surface area contributed by atoms with Gasteiger partial charge in [0.15, 0.2) is 18.1 Å². The first-order valence-electron chi connectivity index (χ1n) is 7.67. The van der Waals surface area contributed by atoms with E-state index in [0.717, 1.165) is 12.1 Å². The normalized spacial score (nSPS) is 11.3. The molecule has 0 radical (unpaired) electrons. The molecule has 0 unspecified atom stereocenters. The zero-order valence-electron chi connectivity index (χ0n) is 14.5. The number of methoxy groups -OCH3 is 2. The van der Waals surface area contributed by atoms with Crippen LogP contribution in [0, 0.1) is 0 Å². The zero-order chi connectivity index (χ0) is 19.9. The number of nitrogens with one attached hydrogen (secondary N) is 1. The Labute approximate surface area is 153 Å². The van der Waals surface area contributed by atoms with E-state index >= 15 is 0 Å². The molecule has 0 aliphatic heterocycles. The fraction of sp³-hybridized carbons (Fsp3) is 0.222. The largest absolute Gasteiger partial charge is 0.493 e. The van der Waals surface area contributed by atoms with Gasteiger partial charge in [0.05, 0.1) is 26.0 Å². The molecule has 2 aromatic rings. The molecule has 2 rings (SSSR count). The third kappa shape index (κ3) is 5.91. The van der Waals surface area contributed by atoms with Gasteiger partial charge in [0.2, 0.25) is 0 Å². The van der Waals surface area contributed by atoms with E-state index in [1.807, 2.05) is 0 Å². The van der Waals surface area contributed by atoms with Crippen molar-refractivity contribution in [1.29, 1.82) is 0 Å². The number of ether oxygens (including phenoxy) is 3. The highest BCUT2D eigenvalue weighted by Crippen LogP contribution is 2.31. The second kappa shape index (κ2) is 8.93. The Kier molecular flexibility index (Phi) is 6.64. The standard InChI is InChI=1S/C18H17F3N2O4/c1-25-15-7-6-12(8-16(15)26-2)10-22-23-17(24)11-27-14-5-3-4-13(9-14)18(19,20)21/h3-10H,11H2,1-2H3,(H,23,24)/b22-10+. The molecular weight excluding hydrogens is 365 g/mol. The number of rotatable bonds is 7. The number of amides is 1. The van der Waals surface area contributed by atoms with Crippen LogP contribution in [0.15, 0.2) is 47.6 Å². The molecule has 144 valence electrons. The number of carbonyl (C=O) groups excluding carboxylic acids is 1. The summed E-state index contributed by atoms with van der Waals surface area (Å²) in [6.45, 7) is -0.482. The third-order valence-electron chi connectivity index (χ3n) is 3.34. The summed E-state index contributed by atoms with van der Waals surface area (Å²) in [5.41, 5.74) is 2.01. The van der Waals surface area contributed by atoms with Crippen LogP contribution >= 0.6 is 0 Å². The van der Waals surface area contributed by atoms with Crippen molar-refractivity contribution < 1.29 is 32.2 Å². The highest BCUT2D eigenvalue weighted by Gasteiger charge is 2.30. The van der Waals surface area contributed by atoms with Crippen LogP contribution in [0.2, 0.25) is 0 Å². The minimum atomic E-state index is -4.48. The number of halogens is 3. The molecule has 0 saturated carbocycles. The van der Waals surface area contributed by atoms with Gasteiger partial charge in [-0.25, -0.2) is 5.43 Å². The Balaban J connectivity index is 1.89. The molecule has 0 fully saturated rings. The minimum Gasteiger partial charge on any atom is -0.493 e. The van der Waals surface area contributed by atoms with Gasteiger partial charge < -0.3 is 14.2 Å². The average Bonchev–Trinajstić information content (AvgIpc) is 2.65. The SMILES string of the molecule is COc1ccc(/C=N/NC(=O)COc2cccc(C(F)(F)F)c2)cc1OC. The maximum absolute atomic E-state index is 12.6. The zero-order valence-corrected chi connectivity index (χ0v) is 14.5. The van der Waals surface area contributed by atoms with Crippen molar-refractivity contribution in [2.45, 2.75) is 6.18 Å². The van der Waals surface area contributed by atoms with E-state index in [4.69, 9.17) is 14.2 Å². The summed E-state index contributed by atoms with van der Waals surface area (Å²) >= 11 is 0.